The molecule has 0 saturated carbocycles. The molecule has 0 aliphatic carbocycles. The van der Waals surface area contributed by atoms with Crippen LogP contribution in [-0.2, 0) is 27.4 Å². The summed E-state index contributed by atoms with van der Waals surface area (Å²) in [6, 6.07) is 19.8. The minimum absolute atomic E-state index is 0.0280. The third-order valence-corrected chi connectivity index (χ3v) is 7.25. The van der Waals surface area contributed by atoms with Crippen LogP contribution in [-0.4, -0.2) is 36.0 Å². The highest BCUT2D eigenvalue weighted by molar-refractivity contribution is 6.35. The SMILES string of the molecule is CCC(C)(C(=O)N[C@@H](Cc1ccc(OCc2c(Cl)cccc2Cl)cc1)C(=O)O)C(=O)N(C)c1ccccc1. The number of para-hydroxylation sites is 1. The predicted octanol–water partition coefficient (Wildman–Crippen LogP) is 5.76. The van der Waals surface area contributed by atoms with Gasteiger partial charge in [0, 0.05) is 34.8 Å². The second-order valence-corrected chi connectivity index (χ2v) is 9.90. The summed E-state index contributed by atoms with van der Waals surface area (Å²) in [6.07, 6.45) is 0.225. The van der Waals surface area contributed by atoms with Gasteiger partial charge in [0.25, 0.3) is 0 Å². The van der Waals surface area contributed by atoms with Crippen LogP contribution in [0.2, 0.25) is 10.0 Å². The molecule has 200 valence electrons. The first-order valence-electron chi connectivity index (χ1n) is 12.1. The number of nitrogens with one attached hydrogen (secondary N) is 1. The lowest BCUT2D eigenvalue weighted by Crippen LogP contribution is -2.54. The maximum absolute atomic E-state index is 13.3. The topological polar surface area (TPSA) is 95.9 Å². The fourth-order valence-electron chi connectivity index (χ4n) is 3.85. The molecule has 2 amide bonds. The van der Waals surface area contributed by atoms with E-state index in [1.54, 1.807) is 80.7 Å². The number of rotatable bonds is 11. The van der Waals surface area contributed by atoms with Crippen molar-refractivity contribution in [2.75, 3.05) is 11.9 Å². The number of carboxylic acid groups (broad SMARTS) is 1. The molecule has 2 atom stereocenters. The molecule has 3 aromatic rings. The van der Waals surface area contributed by atoms with Gasteiger partial charge < -0.3 is 20.1 Å². The van der Waals surface area contributed by atoms with Crippen molar-refractivity contribution in [3.63, 3.8) is 0 Å². The Morgan fingerprint density at radius 1 is 0.974 bits per heavy atom. The largest absolute Gasteiger partial charge is 0.489 e. The van der Waals surface area contributed by atoms with Crippen molar-refractivity contribution in [3.05, 3.63) is 94.0 Å². The second-order valence-electron chi connectivity index (χ2n) is 9.09. The second kappa shape index (κ2) is 12.8. The van der Waals surface area contributed by atoms with E-state index in [1.165, 1.54) is 11.8 Å². The third-order valence-electron chi connectivity index (χ3n) is 6.54. The zero-order chi connectivity index (χ0) is 27.9. The van der Waals surface area contributed by atoms with Crippen LogP contribution < -0.4 is 15.0 Å². The number of aliphatic carboxylic acids is 1. The standard InChI is InChI=1S/C29H30Cl2N2O5/c1-4-29(2,28(37)33(3)20-9-6-5-7-10-20)27(36)32-25(26(34)35)17-19-13-15-21(16-14-19)38-18-22-23(30)11-8-12-24(22)31/h5-16,25H,4,17-18H2,1-3H3,(H,32,36)(H,34,35)/t25-,29?/m0/s1. The molecule has 7 nitrogen and oxygen atoms in total. The molecule has 0 aromatic heterocycles. The fourth-order valence-corrected chi connectivity index (χ4v) is 4.36. The number of ether oxygens (including phenoxy) is 1. The lowest BCUT2D eigenvalue weighted by molar-refractivity contribution is -0.147. The van der Waals surface area contributed by atoms with Crippen LogP contribution in [0.25, 0.3) is 0 Å². The Hall–Kier alpha value is -3.55. The van der Waals surface area contributed by atoms with Gasteiger partial charge >= 0.3 is 5.97 Å². The minimum atomic E-state index is -1.45. The van der Waals surface area contributed by atoms with E-state index < -0.39 is 29.2 Å². The van der Waals surface area contributed by atoms with Gasteiger partial charge in [-0.3, -0.25) is 9.59 Å². The molecule has 0 aliphatic rings. The van der Waals surface area contributed by atoms with Crippen LogP contribution >= 0.6 is 23.2 Å². The molecule has 0 aliphatic heterocycles. The number of nitrogens with zero attached hydrogens (tertiary/aromatic N) is 1. The number of carboxylic acids is 1. The lowest BCUT2D eigenvalue weighted by atomic mass is 9.84. The van der Waals surface area contributed by atoms with Gasteiger partial charge in [-0.15, -0.1) is 0 Å². The summed E-state index contributed by atoms with van der Waals surface area (Å²) in [4.78, 5) is 39.9. The third kappa shape index (κ3) is 6.85. The van der Waals surface area contributed by atoms with Gasteiger partial charge in [0.15, 0.2) is 0 Å². The zero-order valence-electron chi connectivity index (χ0n) is 21.4. The number of carbonyl (C=O) groups excluding carboxylic acids is 2. The number of anilines is 1. The maximum atomic E-state index is 13.3. The van der Waals surface area contributed by atoms with Crippen LogP contribution in [0, 0.1) is 5.41 Å². The Morgan fingerprint density at radius 2 is 1.58 bits per heavy atom. The van der Waals surface area contributed by atoms with Crippen molar-refractivity contribution in [2.24, 2.45) is 5.41 Å². The Balaban J connectivity index is 1.67. The van der Waals surface area contributed by atoms with Gasteiger partial charge in [-0.25, -0.2) is 4.79 Å². The number of hydrogen-bond donors (Lipinski definition) is 2. The Labute approximate surface area is 232 Å². The first kappa shape index (κ1) is 29.0. The van der Waals surface area contributed by atoms with E-state index in [-0.39, 0.29) is 19.4 Å². The smallest absolute Gasteiger partial charge is 0.326 e. The van der Waals surface area contributed by atoms with Crippen molar-refractivity contribution in [1.82, 2.24) is 5.32 Å². The molecule has 0 bridgehead atoms. The van der Waals surface area contributed by atoms with Crippen molar-refractivity contribution >= 4 is 46.7 Å². The van der Waals surface area contributed by atoms with E-state index in [1.807, 2.05) is 6.07 Å². The number of benzene rings is 3. The van der Waals surface area contributed by atoms with Crippen LogP contribution in [0.1, 0.15) is 31.4 Å². The fraction of sp³-hybridized carbons (Fsp3) is 0.276. The van der Waals surface area contributed by atoms with Crippen LogP contribution in [0.5, 0.6) is 5.75 Å². The first-order chi connectivity index (χ1) is 18.1. The molecule has 9 heteroatoms. The highest BCUT2D eigenvalue weighted by Gasteiger charge is 2.43. The van der Waals surface area contributed by atoms with E-state index in [4.69, 9.17) is 27.9 Å². The summed E-state index contributed by atoms with van der Waals surface area (Å²) < 4.78 is 5.77. The molecule has 0 saturated heterocycles. The average molecular weight is 557 g/mol. The van der Waals surface area contributed by atoms with Crippen LogP contribution in [0.15, 0.2) is 72.8 Å². The van der Waals surface area contributed by atoms with E-state index in [9.17, 15) is 19.5 Å². The molecule has 0 heterocycles. The quantitative estimate of drug-likeness (QED) is 0.292. The van der Waals surface area contributed by atoms with Crippen LogP contribution in [0.4, 0.5) is 5.69 Å². The molecule has 0 spiro atoms. The average Bonchev–Trinajstić information content (AvgIpc) is 2.92. The lowest BCUT2D eigenvalue weighted by Gasteiger charge is -2.31. The van der Waals surface area contributed by atoms with Gasteiger partial charge in [0.05, 0.1) is 0 Å². The summed E-state index contributed by atoms with van der Waals surface area (Å²) in [7, 11) is 1.59. The summed E-state index contributed by atoms with van der Waals surface area (Å²) in [5.74, 6) is -1.71. The van der Waals surface area contributed by atoms with E-state index in [0.29, 0.717) is 32.6 Å². The Bertz CT molecular complexity index is 1260. The van der Waals surface area contributed by atoms with Gasteiger partial charge in [-0.2, -0.15) is 0 Å². The molecule has 1 unspecified atom stereocenters. The Morgan fingerprint density at radius 3 is 2.13 bits per heavy atom. The van der Waals surface area contributed by atoms with E-state index >= 15 is 0 Å². The van der Waals surface area contributed by atoms with Crippen molar-refractivity contribution in [3.8, 4) is 5.75 Å². The highest BCUT2D eigenvalue weighted by atomic mass is 35.5. The molecule has 3 rings (SSSR count). The van der Waals surface area contributed by atoms with Gasteiger partial charge in [-0.05, 0) is 55.3 Å². The molecule has 3 aromatic carbocycles. The minimum Gasteiger partial charge on any atom is -0.489 e. The number of amides is 2. The van der Waals surface area contributed by atoms with Crippen LogP contribution in [0.3, 0.4) is 0 Å². The van der Waals surface area contributed by atoms with E-state index in [2.05, 4.69) is 5.32 Å². The van der Waals surface area contributed by atoms with Gasteiger partial charge in [0.1, 0.15) is 23.8 Å². The summed E-state index contributed by atoms with van der Waals surface area (Å²) in [6.45, 7) is 3.42. The molecule has 2 N–H and O–H groups in total. The normalized spacial score (nSPS) is 13.2. The summed E-state index contributed by atoms with van der Waals surface area (Å²) in [5, 5.41) is 13.4. The molecule has 38 heavy (non-hydrogen) atoms. The summed E-state index contributed by atoms with van der Waals surface area (Å²) in [5.41, 5.74) is 0.529. The number of halogens is 2. The van der Waals surface area contributed by atoms with Crippen molar-refractivity contribution < 1.29 is 24.2 Å². The Kier molecular flexibility index (Phi) is 9.78. The summed E-state index contributed by atoms with van der Waals surface area (Å²) >= 11 is 12.4. The van der Waals surface area contributed by atoms with Gasteiger partial charge in [0.2, 0.25) is 11.8 Å². The van der Waals surface area contributed by atoms with Crippen molar-refractivity contribution in [1.29, 1.82) is 0 Å². The molecular formula is C29H30Cl2N2O5. The maximum Gasteiger partial charge on any atom is 0.326 e. The van der Waals surface area contributed by atoms with Crippen molar-refractivity contribution in [2.45, 2.75) is 39.3 Å². The predicted molar refractivity (Wildman–Crippen MR) is 149 cm³/mol. The highest BCUT2D eigenvalue weighted by Crippen LogP contribution is 2.28. The molecule has 0 radical (unpaired) electrons. The number of carbonyl (C=O) groups is 3. The number of hydrogen-bond acceptors (Lipinski definition) is 4. The first-order valence-corrected chi connectivity index (χ1v) is 12.8. The van der Waals surface area contributed by atoms with Gasteiger partial charge in [-0.1, -0.05) is 66.5 Å². The molecule has 0 fully saturated rings. The molecular weight excluding hydrogens is 527 g/mol. The monoisotopic (exact) mass is 556 g/mol. The zero-order valence-corrected chi connectivity index (χ0v) is 22.9. The van der Waals surface area contributed by atoms with E-state index in [0.717, 1.165) is 0 Å².